The number of aliphatic hydroxyl groups is 3. The standard InChI is InChI=1S/C45H36N6O6/c52-37(28-16-4-1-5-17-28)40(55)31-22-10-13-25-34(31)46-43-49-44(47-35-26-14-11-23-32(35)41(56)38(53)29-18-6-2-7-19-29)51-45(50-43)48-36-27-15-12-24-33(36)42(57)39(54)30-20-8-3-9-21-30/h1-27,37-39,52-54H,(H3,46,47,48,49,50,51). The zero-order valence-corrected chi connectivity index (χ0v) is 30.2. The second-order valence-corrected chi connectivity index (χ2v) is 12.9. The largest absolute Gasteiger partial charge is 0.380 e. The maximum absolute atomic E-state index is 13.6. The quantitative estimate of drug-likeness (QED) is 0.0557. The minimum atomic E-state index is -1.44. The Hall–Kier alpha value is -7.38. The summed E-state index contributed by atoms with van der Waals surface area (Å²) < 4.78 is 0. The summed E-state index contributed by atoms with van der Waals surface area (Å²) in [6.45, 7) is 0. The molecule has 0 saturated carbocycles. The molecule has 0 fully saturated rings. The number of nitrogens with one attached hydrogen (secondary N) is 3. The maximum Gasteiger partial charge on any atom is 0.233 e. The normalized spacial score (nSPS) is 12.5. The van der Waals surface area contributed by atoms with Crippen LogP contribution in [0.4, 0.5) is 34.9 Å². The molecule has 7 rings (SSSR count). The van der Waals surface area contributed by atoms with E-state index < -0.39 is 35.7 Å². The Bertz CT molecular complexity index is 2230. The third-order valence-electron chi connectivity index (χ3n) is 9.04. The van der Waals surface area contributed by atoms with Gasteiger partial charge in [-0.1, -0.05) is 127 Å². The molecule has 6 aromatic carbocycles. The maximum atomic E-state index is 13.6. The van der Waals surface area contributed by atoms with Crippen LogP contribution in [0.25, 0.3) is 0 Å². The van der Waals surface area contributed by atoms with Gasteiger partial charge in [0.15, 0.2) is 17.3 Å². The summed E-state index contributed by atoms with van der Waals surface area (Å²) in [4.78, 5) is 54.5. The lowest BCUT2D eigenvalue weighted by atomic mass is 9.98. The molecule has 0 aliphatic rings. The van der Waals surface area contributed by atoms with Crippen LogP contribution >= 0.6 is 0 Å². The number of nitrogens with zero attached hydrogens (tertiary/aromatic N) is 3. The number of Topliss-reactive ketones (excluding diaryl/α,β-unsaturated/α-hetero) is 3. The lowest BCUT2D eigenvalue weighted by molar-refractivity contribution is 0.0744. The lowest BCUT2D eigenvalue weighted by Gasteiger charge is -2.17. The highest BCUT2D eigenvalue weighted by Crippen LogP contribution is 2.30. The Morgan fingerprint density at radius 3 is 0.842 bits per heavy atom. The van der Waals surface area contributed by atoms with Crippen molar-refractivity contribution in [3.8, 4) is 0 Å². The van der Waals surface area contributed by atoms with E-state index in [4.69, 9.17) is 0 Å². The van der Waals surface area contributed by atoms with Crippen LogP contribution in [0.1, 0.15) is 66.1 Å². The summed E-state index contributed by atoms with van der Waals surface area (Å²) in [5, 5.41) is 42.2. The molecule has 0 spiro atoms. The fourth-order valence-electron chi connectivity index (χ4n) is 6.13. The molecule has 0 saturated heterocycles. The van der Waals surface area contributed by atoms with Gasteiger partial charge in [0.2, 0.25) is 17.8 Å². The predicted octanol–water partition coefficient (Wildman–Crippen LogP) is 7.85. The summed E-state index contributed by atoms with van der Waals surface area (Å²) in [7, 11) is 0. The molecule has 12 nitrogen and oxygen atoms in total. The van der Waals surface area contributed by atoms with Gasteiger partial charge < -0.3 is 31.3 Å². The number of aliphatic hydroxyl groups excluding tert-OH is 3. The van der Waals surface area contributed by atoms with Crippen molar-refractivity contribution in [1.29, 1.82) is 0 Å². The highest BCUT2D eigenvalue weighted by molar-refractivity contribution is 6.06. The zero-order chi connectivity index (χ0) is 39.7. The van der Waals surface area contributed by atoms with Crippen LogP contribution in [-0.4, -0.2) is 47.6 Å². The van der Waals surface area contributed by atoms with E-state index in [1.54, 1.807) is 164 Å². The fourth-order valence-corrected chi connectivity index (χ4v) is 6.13. The van der Waals surface area contributed by atoms with Gasteiger partial charge in [0, 0.05) is 16.7 Å². The molecule has 3 unspecified atom stereocenters. The number of aromatic nitrogens is 3. The zero-order valence-electron chi connectivity index (χ0n) is 30.2. The van der Waals surface area contributed by atoms with Gasteiger partial charge in [0.1, 0.15) is 18.3 Å². The Morgan fingerprint density at radius 1 is 0.351 bits per heavy atom. The van der Waals surface area contributed by atoms with E-state index in [1.807, 2.05) is 0 Å². The summed E-state index contributed by atoms with van der Waals surface area (Å²) in [5.41, 5.74) is 2.60. The van der Waals surface area contributed by atoms with Crippen LogP contribution in [0.2, 0.25) is 0 Å². The third-order valence-corrected chi connectivity index (χ3v) is 9.04. The fraction of sp³-hybridized carbons (Fsp3) is 0.0667. The number of hydrogen-bond donors (Lipinski definition) is 6. The Labute approximate surface area is 327 Å². The van der Waals surface area contributed by atoms with Gasteiger partial charge >= 0.3 is 0 Å². The molecule has 0 radical (unpaired) electrons. The van der Waals surface area contributed by atoms with Crippen LogP contribution in [0.3, 0.4) is 0 Å². The molecule has 7 aromatic rings. The van der Waals surface area contributed by atoms with Crippen LogP contribution in [-0.2, 0) is 0 Å². The summed E-state index contributed by atoms with van der Waals surface area (Å²) in [6, 6.07) is 45.4. The van der Waals surface area contributed by atoms with Crippen molar-refractivity contribution < 1.29 is 29.7 Å². The molecule has 1 heterocycles. The van der Waals surface area contributed by atoms with Crippen LogP contribution in [0, 0.1) is 0 Å². The highest BCUT2D eigenvalue weighted by atomic mass is 16.3. The first kappa shape index (κ1) is 37.9. The minimum Gasteiger partial charge on any atom is -0.380 e. The number of para-hydroxylation sites is 3. The van der Waals surface area contributed by atoms with Crippen LogP contribution in [0.5, 0.6) is 0 Å². The van der Waals surface area contributed by atoms with Crippen LogP contribution in [0.15, 0.2) is 164 Å². The molecule has 0 aliphatic carbocycles. The molecule has 3 atom stereocenters. The molecule has 6 N–H and O–H groups in total. The lowest BCUT2D eigenvalue weighted by Crippen LogP contribution is -2.16. The molecular formula is C45H36N6O6. The van der Waals surface area contributed by atoms with Gasteiger partial charge in [-0.2, -0.15) is 15.0 Å². The summed E-state index contributed by atoms with van der Waals surface area (Å²) in [6.07, 6.45) is -4.33. The molecule has 0 amide bonds. The number of carbonyl (C=O) groups is 3. The van der Waals surface area contributed by atoms with Crippen molar-refractivity contribution in [1.82, 2.24) is 15.0 Å². The van der Waals surface area contributed by atoms with Crippen molar-refractivity contribution in [2.45, 2.75) is 18.3 Å². The van der Waals surface area contributed by atoms with E-state index in [0.717, 1.165) is 0 Å². The molecule has 57 heavy (non-hydrogen) atoms. The summed E-state index contributed by atoms with van der Waals surface area (Å²) >= 11 is 0. The molecule has 0 bridgehead atoms. The minimum absolute atomic E-state index is 0.0503. The SMILES string of the molecule is O=C(c1ccccc1Nc1nc(Nc2ccccc2C(=O)C(O)c2ccccc2)nc(Nc2ccccc2C(=O)C(O)c2ccccc2)n1)C(O)c1ccccc1. The van der Waals surface area contributed by atoms with Crippen LogP contribution < -0.4 is 16.0 Å². The van der Waals surface area contributed by atoms with Gasteiger partial charge in [-0.05, 0) is 53.1 Å². The van der Waals surface area contributed by atoms with E-state index in [1.165, 1.54) is 0 Å². The average Bonchev–Trinajstić information content (AvgIpc) is 3.26. The third kappa shape index (κ3) is 8.79. The second kappa shape index (κ2) is 17.4. The smallest absolute Gasteiger partial charge is 0.233 e. The van der Waals surface area contributed by atoms with E-state index >= 15 is 0 Å². The Morgan fingerprint density at radius 2 is 0.579 bits per heavy atom. The van der Waals surface area contributed by atoms with E-state index in [9.17, 15) is 29.7 Å². The number of ketones is 3. The average molecular weight is 757 g/mol. The van der Waals surface area contributed by atoms with Crippen molar-refractivity contribution in [3.63, 3.8) is 0 Å². The molecule has 282 valence electrons. The molecule has 0 aliphatic heterocycles. The number of anilines is 6. The number of hydrogen-bond acceptors (Lipinski definition) is 12. The number of rotatable bonds is 15. The Kier molecular flexibility index (Phi) is 11.6. The highest BCUT2D eigenvalue weighted by Gasteiger charge is 2.25. The van der Waals surface area contributed by atoms with Crippen molar-refractivity contribution in [2.75, 3.05) is 16.0 Å². The van der Waals surface area contributed by atoms with Gasteiger partial charge in [0.05, 0.1) is 17.1 Å². The first-order valence-electron chi connectivity index (χ1n) is 17.9. The first-order valence-corrected chi connectivity index (χ1v) is 17.9. The van der Waals surface area contributed by atoms with Crippen molar-refractivity contribution in [3.05, 3.63) is 197 Å². The van der Waals surface area contributed by atoms with Gasteiger partial charge in [0.25, 0.3) is 0 Å². The number of benzene rings is 6. The predicted molar refractivity (Wildman–Crippen MR) is 216 cm³/mol. The van der Waals surface area contributed by atoms with E-state index in [2.05, 4.69) is 30.9 Å². The van der Waals surface area contributed by atoms with E-state index in [0.29, 0.717) is 16.7 Å². The number of carbonyl (C=O) groups excluding carboxylic acids is 3. The molecule has 12 heteroatoms. The van der Waals surface area contributed by atoms with Gasteiger partial charge in [-0.3, -0.25) is 14.4 Å². The van der Waals surface area contributed by atoms with E-state index in [-0.39, 0.29) is 51.6 Å². The van der Waals surface area contributed by atoms with Gasteiger partial charge in [-0.25, -0.2) is 0 Å². The monoisotopic (exact) mass is 756 g/mol. The first-order chi connectivity index (χ1) is 27.8. The topological polar surface area (TPSA) is 187 Å². The second-order valence-electron chi connectivity index (χ2n) is 12.9. The molecular weight excluding hydrogens is 721 g/mol. The Balaban J connectivity index is 1.25. The molecule has 1 aromatic heterocycles. The van der Waals surface area contributed by atoms with Crippen molar-refractivity contribution >= 4 is 52.3 Å². The van der Waals surface area contributed by atoms with Crippen molar-refractivity contribution in [2.24, 2.45) is 0 Å². The van der Waals surface area contributed by atoms with Gasteiger partial charge in [-0.15, -0.1) is 0 Å². The summed E-state index contributed by atoms with van der Waals surface area (Å²) in [5.74, 6) is -1.85.